The lowest BCUT2D eigenvalue weighted by Gasteiger charge is -2.22. The number of nitrogens with one attached hydrogen (secondary N) is 1. The first kappa shape index (κ1) is 13.1. The Balaban J connectivity index is 1.60. The minimum Gasteiger partial charge on any atom is -0.403 e. The summed E-state index contributed by atoms with van der Waals surface area (Å²) in [5.41, 5.74) is 0.837. The number of anilines is 1. The Hall–Kier alpha value is -1.95. The van der Waals surface area contributed by atoms with E-state index in [0.717, 1.165) is 18.7 Å². The molecular formula is C14H19N5O. The number of likely N-dealkylation sites (N-methyl/N-ethyl adjacent to an activating group) is 1. The van der Waals surface area contributed by atoms with Crippen LogP contribution in [0.1, 0.15) is 19.8 Å². The molecule has 0 amide bonds. The van der Waals surface area contributed by atoms with Crippen molar-refractivity contribution in [1.82, 2.24) is 20.1 Å². The number of hydrogen-bond acceptors (Lipinski definition) is 6. The summed E-state index contributed by atoms with van der Waals surface area (Å²) in [6.45, 7) is 5.33. The summed E-state index contributed by atoms with van der Waals surface area (Å²) in [5.74, 6) is 0.499. The van der Waals surface area contributed by atoms with Crippen LogP contribution in [0.4, 0.5) is 6.01 Å². The molecule has 0 radical (unpaired) electrons. The molecule has 0 saturated carbocycles. The van der Waals surface area contributed by atoms with Gasteiger partial charge in [0, 0.05) is 25.0 Å². The van der Waals surface area contributed by atoms with Crippen molar-refractivity contribution in [2.24, 2.45) is 0 Å². The summed E-state index contributed by atoms with van der Waals surface area (Å²) >= 11 is 0. The third kappa shape index (κ3) is 2.80. The summed E-state index contributed by atoms with van der Waals surface area (Å²) in [4.78, 5) is 6.52. The predicted octanol–water partition coefficient (Wildman–Crippen LogP) is 2.03. The van der Waals surface area contributed by atoms with Crippen molar-refractivity contribution in [1.29, 1.82) is 0 Å². The molecule has 2 aromatic rings. The normalized spacial score (nSPS) is 19.4. The maximum atomic E-state index is 5.61. The van der Waals surface area contributed by atoms with Gasteiger partial charge in [0.2, 0.25) is 0 Å². The van der Waals surface area contributed by atoms with Gasteiger partial charge in [-0.05, 0) is 38.1 Å². The van der Waals surface area contributed by atoms with E-state index in [1.807, 2.05) is 12.1 Å². The molecule has 3 heterocycles. The van der Waals surface area contributed by atoms with Crippen LogP contribution in [0, 0.1) is 0 Å². The summed E-state index contributed by atoms with van der Waals surface area (Å²) in [6, 6.07) is 4.80. The summed E-state index contributed by atoms with van der Waals surface area (Å²) in [6.07, 6.45) is 5.93. The first-order valence-electron chi connectivity index (χ1n) is 7.08. The highest BCUT2D eigenvalue weighted by Gasteiger charge is 2.23. The molecule has 0 bridgehead atoms. The lowest BCUT2D eigenvalue weighted by Crippen LogP contribution is -2.34. The van der Waals surface area contributed by atoms with E-state index in [9.17, 15) is 0 Å². The highest BCUT2D eigenvalue weighted by atomic mass is 16.4. The Morgan fingerprint density at radius 3 is 3.20 bits per heavy atom. The van der Waals surface area contributed by atoms with Crippen LogP contribution in [0.3, 0.4) is 0 Å². The molecule has 20 heavy (non-hydrogen) atoms. The van der Waals surface area contributed by atoms with Crippen molar-refractivity contribution < 1.29 is 4.42 Å². The molecular weight excluding hydrogens is 254 g/mol. The number of pyridine rings is 1. The van der Waals surface area contributed by atoms with Crippen molar-refractivity contribution in [3.8, 4) is 11.5 Å². The van der Waals surface area contributed by atoms with Crippen LogP contribution in [0.2, 0.25) is 0 Å². The summed E-state index contributed by atoms with van der Waals surface area (Å²) in [5, 5.41) is 11.3. The lowest BCUT2D eigenvalue weighted by molar-refractivity contribution is 0.276. The van der Waals surface area contributed by atoms with Crippen molar-refractivity contribution >= 4 is 6.01 Å². The molecule has 1 N–H and O–H groups in total. The quantitative estimate of drug-likeness (QED) is 0.899. The summed E-state index contributed by atoms with van der Waals surface area (Å²) < 4.78 is 5.61. The van der Waals surface area contributed by atoms with Gasteiger partial charge in [-0.1, -0.05) is 12.0 Å². The molecule has 1 aliphatic heterocycles. The maximum absolute atomic E-state index is 5.61. The average Bonchev–Trinajstić information content (AvgIpc) is 3.15. The molecule has 6 heteroatoms. The minimum atomic E-state index is 0.479. The van der Waals surface area contributed by atoms with Gasteiger partial charge in [-0.25, -0.2) is 0 Å². The second kappa shape index (κ2) is 6.00. The monoisotopic (exact) mass is 273 g/mol. The van der Waals surface area contributed by atoms with E-state index in [4.69, 9.17) is 4.42 Å². The van der Waals surface area contributed by atoms with E-state index in [0.29, 0.717) is 17.9 Å². The third-order valence-electron chi connectivity index (χ3n) is 3.73. The van der Waals surface area contributed by atoms with Crippen molar-refractivity contribution in [3.63, 3.8) is 0 Å². The number of aromatic nitrogens is 3. The predicted molar refractivity (Wildman–Crippen MR) is 76.3 cm³/mol. The molecule has 0 aromatic carbocycles. The second-order valence-corrected chi connectivity index (χ2v) is 4.96. The van der Waals surface area contributed by atoms with Crippen LogP contribution >= 0.6 is 0 Å². The Bertz CT molecular complexity index is 542. The van der Waals surface area contributed by atoms with Crippen LogP contribution in [0.15, 0.2) is 28.9 Å². The van der Waals surface area contributed by atoms with Crippen LogP contribution in [-0.4, -0.2) is 45.8 Å². The zero-order valence-corrected chi connectivity index (χ0v) is 11.6. The Morgan fingerprint density at radius 2 is 2.40 bits per heavy atom. The fraction of sp³-hybridized carbons (Fsp3) is 0.500. The van der Waals surface area contributed by atoms with Gasteiger partial charge in [0.15, 0.2) is 0 Å². The minimum absolute atomic E-state index is 0.479. The van der Waals surface area contributed by atoms with Crippen molar-refractivity contribution in [2.45, 2.75) is 25.8 Å². The molecule has 6 nitrogen and oxygen atoms in total. The highest BCUT2D eigenvalue weighted by molar-refractivity contribution is 5.51. The van der Waals surface area contributed by atoms with E-state index in [-0.39, 0.29) is 0 Å². The topological polar surface area (TPSA) is 67.1 Å². The van der Waals surface area contributed by atoms with Crippen LogP contribution in [-0.2, 0) is 0 Å². The van der Waals surface area contributed by atoms with Gasteiger partial charge in [-0.2, -0.15) is 0 Å². The summed E-state index contributed by atoms with van der Waals surface area (Å²) in [7, 11) is 0. The Labute approximate surface area is 118 Å². The van der Waals surface area contributed by atoms with Gasteiger partial charge in [0.25, 0.3) is 5.89 Å². The number of hydrogen-bond donors (Lipinski definition) is 1. The fourth-order valence-corrected chi connectivity index (χ4v) is 2.65. The third-order valence-corrected chi connectivity index (χ3v) is 3.73. The zero-order chi connectivity index (χ0) is 13.8. The van der Waals surface area contributed by atoms with Gasteiger partial charge < -0.3 is 9.73 Å². The van der Waals surface area contributed by atoms with Crippen LogP contribution in [0.5, 0.6) is 0 Å². The average molecular weight is 273 g/mol. The van der Waals surface area contributed by atoms with E-state index >= 15 is 0 Å². The van der Waals surface area contributed by atoms with Crippen LogP contribution < -0.4 is 5.32 Å². The van der Waals surface area contributed by atoms with Crippen molar-refractivity contribution in [2.75, 3.05) is 25.0 Å². The van der Waals surface area contributed by atoms with Gasteiger partial charge in [-0.3, -0.25) is 9.88 Å². The SMILES string of the molecule is CCN1CCCC1CNc1nnc(-c2cccnc2)o1. The van der Waals surface area contributed by atoms with Crippen LogP contribution in [0.25, 0.3) is 11.5 Å². The van der Waals surface area contributed by atoms with E-state index in [2.05, 4.69) is 32.3 Å². The molecule has 1 saturated heterocycles. The lowest BCUT2D eigenvalue weighted by atomic mass is 10.2. The number of rotatable bonds is 5. The van der Waals surface area contributed by atoms with Gasteiger partial charge in [-0.15, -0.1) is 5.10 Å². The largest absolute Gasteiger partial charge is 0.403 e. The molecule has 1 atom stereocenters. The van der Waals surface area contributed by atoms with E-state index < -0.39 is 0 Å². The van der Waals surface area contributed by atoms with Gasteiger partial charge in [0.1, 0.15) is 0 Å². The number of nitrogens with zero attached hydrogens (tertiary/aromatic N) is 4. The molecule has 106 valence electrons. The maximum Gasteiger partial charge on any atom is 0.315 e. The highest BCUT2D eigenvalue weighted by Crippen LogP contribution is 2.20. The number of likely N-dealkylation sites (tertiary alicyclic amines) is 1. The molecule has 1 aliphatic rings. The van der Waals surface area contributed by atoms with Gasteiger partial charge >= 0.3 is 6.01 Å². The smallest absolute Gasteiger partial charge is 0.315 e. The zero-order valence-electron chi connectivity index (χ0n) is 11.6. The van der Waals surface area contributed by atoms with E-state index in [1.165, 1.54) is 19.4 Å². The second-order valence-electron chi connectivity index (χ2n) is 4.96. The molecule has 1 unspecified atom stereocenters. The molecule has 0 aliphatic carbocycles. The Kier molecular flexibility index (Phi) is 3.92. The first-order valence-corrected chi connectivity index (χ1v) is 7.08. The Morgan fingerprint density at radius 1 is 1.45 bits per heavy atom. The van der Waals surface area contributed by atoms with Gasteiger partial charge in [0.05, 0.1) is 5.56 Å². The molecule has 2 aromatic heterocycles. The standard InChI is InChI=1S/C14H19N5O/c1-2-19-8-4-6-12(19)10-16-14-18-17-13(20-14)11-5-3-7-15-9-11/h3,5,7,9,12H,2,4,6,8,10H2,1H3,(H,16,18). The molecule has 0 spiro atoms. The van der Waals surface area contributed by atoms with E-state index in [1.54, 1.807) is 12.4 Å². The van der Waals surface area contributed by atoms with Crippen molar-refractivity contribution in [3.05, 3.63) is 24.5 Å². The fourth-order valence-electron chi connectivity index (χ4n) is 2.65. The molecule has 1 fully saturated rings. The molecule has 3 rings (SSSR count). The first-order chi connectivity index (χ1) is 9.86.